The molecule has 8 heteroatoms. The number of aromatic nitrogens is 1. The number of aryl methyl sites for hydroxylation is 2. The van der Waals surface area contributed by atoms with Gasteiger partial charge in [0.25, 0.3) is 0 Å². The van der Waals surface area contributed by atoms with E-state index in [4.69, 9.17) is 19.2 Å². The molecule has 2 amide bonds. The van der Waals surface area contributed by atoms with Gasteiger partial charge in [-0.05, 0) is 91.7 Å². The van der Waals surface area contributed by atoms with Crippen molar-refractivity contribution in [3.05, 3.63) is 23.4 Å². The Morgan fingerprint density at radius 1 is 0.972 bits per heavy atom. The first-order valence-electron chi connectivity index (χ1n) is 13.5. The third-order valence-corrected chi connectivity index (χ3v) is 6.22. The number of rotatable bonds is 8. The van der Waals surface area contributed by atoms with E-state index in [0.29, 0.717) is 25.6 Å². The number of hydrogen-bond donors (Lipinski definition) is 0. The number of pyridine rings is 1. The van der Waals surface area contributed by atoms with Crippen LogP contribution in [0.25, 0.3) is 0 Å². The maximum atomic E-state index is 12.7. The van der Waals surface area contributed by atoms with Gasteiger partial charge in [0.1, 0.15) is 17.0 Å². The Kier molecular flexibility index (Phi) is 9.61. The molecule has 8 nitrogen and oxygen atoms in total. The van der Waals surface area contributed by atoms with Crippen molar-refractivity contribution in [1.29, 1.82) is 0 Å². The van der Waals surface area contributed by atoms with E-state index in [1.54, 1.807) is 9.80 Å². The minimum atomic E-state index is -0.524. The first kappa shape index (κ1) is 28.2. The summed E-state index contributed by atoms with van der Waals surface area (Å²) in [4.78, 5) is 33.2. The number of carbonyl (C=O) groups is 2. The van der Waals surface area contributed by atoms with Gasteiger partial charge in [-0.3, -0.25) is 4.90 Å². The van der Waals surface area contributed by atoms with E-state index in [9.17, 15) is 9.59 Å². The average Bonchev–Trinajstić information content (AvgIpc) is 3.25. The molecule has 3 rings (SSSR count). The third-order valence-electron chi connectivity index (χ3n) is 6.22. The van der Waals surface area contributed by atoms with Crippen LogP contribution in [-0.2, 0) is 27.1 Å². The molecule has 3 heterocycles. The minimum absolute atomic E-state index is 0.227. The highest BCUT2D eigenvalue weighted by atomic mass is 16.6. The van der Waals surface area contributed by atoms with Crippen LogP contribution in [0.2, 0.25) is 0 Å². The highest BCUT2D eigenvalue weighted by molar-refractivity contribution is 5.88. The lowest BCUT2D eigenvalue weighted by atomic mass is 10.0. The zero-order chi connectivity index (χ0) is 26.3. The van der Waals surface area contributed by atoms with Gasteiger partial charge in [-0.1, -0.05) is 12.5 Å². The van der Waals surface area contributed by atoms with Crippen molar-refractivity contribution in [2.75, 3.05) is 37.7 Å². The van der Waals surface area contributed by atoms with Gasteiger partial charge < -0.3 is 19.1 Å². The molecule has 2 aliphatic heterocycles. The molecule has 1 saturated heterocycles. The SMILES string of the molecule is CC(C)(C)OC(=O)N1CC[C@@H](COCCCCCc2ccc3c(n2)N(C(=O)OC(C)(C)C)CCC3)C1. The van der Waals surface area contributed by atoms with Gasteiger partial charge >= 0.3 is 12.2 Å². The van der Waals surface area contributed by atoms with Crippen molar-refractivity contribution in [3.63, 3.8) is 0 Å². The summed E-state index contributed by atoms with van der Waals surface area (Å²) in [6.45, 7) is 14.8. The van der Waals surface area contributed by atoms with E-state index in [1.807, 2.05) is 41.5 Å². The van der Waals surface area contributed by atoms with Crippen molar-refractivity contribution in [1.82, 2.24) is 9.88 Å². The summed E-state index contributed by atoms with van der Waals surface area (Å²) in [6, 6.07) is 4.20. The van der Waals surface area contributed by atoms with E-state index in [2.05, 4.69) is 12.1 Å². The topological polar surface area (TPSA) is 81.2 Å². The van der Waals surface area contributed by atoms with E-state index >= 15 is 0 Å². The van der Waals surface area contributed by atoms with Crippen molar-refractivity contribution in [3.8, 4) is 0 Å². The highest BCUT2D eigenvalue weighted by Gasteiger charge is 2.30. The van der Waals surface area contributed by atoms with Gasteiger partial charge in [0.05, 0.1) is 6.61 Å². The Hall–Kier alpha value is -2.35. The number of anilines is 1. The molecule has 36 heavy (non-hydrogen) atoms. The summed E-state index contributed by atoms with van der Waals surface area (Å²) in [6.07, 6.45) is 6.24. The summed E-state index contributed by atoms with van der Waals surface area (Å²) in [5.74, 6) is 1.14. The number of fused-ring (bicyclic) bond motifs is 1. The number of hydrogen-bond acceptors (Lipinski definition) is 6. The molecule has 1 atom stereocenters. The Balaban J connectivity index is 1.34. The van der Waals surface area contributed by atoms with E-state index < -0.39 is 11.2 Å². The van der Waals surface area contributed by atoms with Crippen LogP contribution in [0.4, 0.5) is 15.4 Å². The van der Waals surface area contributed by atoms with Crippen LogP contribution in [0.15, 0.2) is 12.1 Å². The Morgan fingerprint density at radius 2 is 1.69 bits per heavy atom. The zero-order valence-electron chi connectivity index (χ0n) is 23.1. The number of ether oxygens (including phenoxy) is 3. The molecule has 0 N–H and O–H groups in total. The first-order chi connectivity index (χ1) is 16.9. The van der Waals surface area contributed by atoms with E-state index in [-0.39, 0.29) is 12.2 Å². The van der Waals surface area contributed by atoms with Gasteiger partial charge in [-0.2, -0.15) is 0 Å². The molecule has 1 fully saturated rings. The summed E-state index contributed by atoms with van der Waals surface area (Å²) in [5, 5.41) is 0. The van der Waals surface area contributed by atoms with Crippen LogP contribution < -0.4 is 4.90 Å². The van der Waals surface area contributed by atoms with Crippen LogP contribution in [0.1, 0.15) is 84.9 Å². The largest absolute Gasteiger partial charge is 0.444 e. The number of amides is 2. The number of likely N-dealkylation sites (tertiary alicyclic amines) is 1. The summed E-state index contributed by atoms with van der Waals surface area (Å²) < 4.78 is 17.0. The molecule has 0 unspecified atom stereocenters. The second kappa shape index (κ2) is 12.3. The van der Waals surface area contributed by atoms with Gasteiger partial charge in [0.2, 0.25) is 0 Å². The smallest absolute Gasteiger partial charge is 0.416 e. The van der Waals surface area contributed by atoms with Crippen molar-refractivity contribution in [2.24, 2.45) is 5.92 Å². The second-order valence-electron chi connectivity index (χ2n) is 12.0. The minimum Gasteiger partial charge on any atom is -0.444 e. The Morgan fingerprint density at radius 3 is 2.42 bits per heavy atom. The fraction of sp³-hybridized carbons (Fsp3) is 0.750. The summed E-state index contributed by atoms with van der Waals surface area (Å²) in [7, 11) is 0. The van der Waals surface area contributed by atoms with Gasteiger partial charge in [0, 0.05) is 37.9 Å². The summed E-state index contributed by atoms with van der Waals surface area (Å²) in [5.41, 5.74) is 1.14. The first-order valence-corrected chi connectivity index (χ1v) is 13.5. The van der Waals surface area contributed by atoms with E-state index in [0.717, 1.165) is 75.2 Å². The molecular formula is C28H45N3O5. The van der Waals surface area contributed by atoms with Crippen molar-refractivity contribution >= 4 is 18.0 Å². The second-order valence-corrected chi connectivity index (χ2v) is 12.0. The Bertz CT molecular complexity index is 890. The lowest BCUT2D eigenvalue weighted by molar-refractivity contribution is 0.0273. The van der Waals surface area contributed by atoms with Crippen LogP contribution >= 0.6 is 0 Å². The molecule has 0 saturated carbocycles. The number of carbonyl (C=O) groups excluding carboxylic acids is 2. The summed E-state index contributed by atoms with van der Waals surface area (Å²) >= 11 is 0. The molecule has 0 aliphatic carbocycles. The van der Waals surface area contributed by atoms with Crippen LogP contribution in [-0.4, -0.2) is 66.1 Å². The van der Waals surface area contributed by atoms with Crippen LogP contribution in [0.3, 0.4) is 0 Å². The number of nitrogens with zero attached hydrogens (tertiary/aromatic N) is 3. The standard InChI is InChI=1S/C28H45N3O5/c1-27(2,3)35-25(32)30-17-15-21(19-30)20-34-18-9-7-8-12-23-14-13-22-11-10-16-31(24(22)29-23)26(33)36-28(4,5)6/h13-14,21H,7-12,15-20H2,1-6H3/t21-/m1/s1. The fourth-order valence-electron chi connectivity index (χ4n) is 4.51. The lowest BCUT2D eigenvalue weighted by Gasteiger charge is -2.31. The normalized spacial score (nSPS) is 18.2. The molecular weight excluding hydrogens is 458 g/mol. The quantitative estimate of drug-likeness (QED) is 0.420. The monoisotopic (exact) mass is 503 g/mol. The highest BCUT2D eigenvalue weighted by Crippen LogP contribution is 2.27. The zero-order valence-corrected chi connectivity index (χ0v) is 23.1. The molecule has 0 bridgehead atoms. The van der Waals surface area contributed by atoms with E-state index in [1.165, 1.54) is 0 Å². The molecule has 1 aromatic heterocycles. The van der Waals surface area contributed by atoms with Crippen LogP contribution in [0, 0.1) is 5.92 Å². The average molecular weight is 504 g/mol. The molecule has 0 radical (unpaired) electrons. The van der Waals surface area contributed by atoms with Gasteiger partial charge in [0.15, 0.2) is 0 Å². The Labute approximate surface area is 216 Å². The van der Waals surface area contributed by atoms with Crippen molar-refractivity contribution < 1.29 is 23.8 Å². The van der Waals surface area contributed by atoms with Gasteiger partial charge in [-0.25, -0.2) is 14.6 Å². The molecule has 2 aliphatic rings. The lowest BCUT2D eigenvalue weighted by Crippen LogP contribution is -2.40. The molecule has 202 valence electrons. The number of unbranched alkanes of at least 4 members (excludes halogenated alkanes) is 2. The van der Waals surface area contributed by atoms with Crippen molar-refractivity contribution in [2.45, 2.75) is 97.7 Å². The third kappa shape index (κ3) is 8.95. The predicted molar refractivity (Wildman–Crippen MR) is 140 cm³/mol. The van der Waals surface area contributed by atoms with Crippen LogP contribution in [0.5, 0.6) is 0 Å². The van der Waals surface area contributed by atoms with Gasteiger partial charge in [-0.15, -0.1) is 0 Å². The fourth-order valence-corrected chi connectivity index (χ4v) is 4.51. The molecule has 0 spiro atoms. The predicted octanol–water partition coefficient (Wildman–Crippen LogP) is 5.76. The maximum absolute atomic E-state index is 12.7. The maximum Gasteiger partial charge on any atom is 0.416 e. The molecule has 0 aromatic carbocycles. The molecule has 1 aromatic rings.